The van der Waals surface area contributed by atoms with E-state index in [1.54, 1.807) is 18.2 Å². The third-order valence-electron chi connectivity index (χ3n) is 5.16. The van der Waals surface area contributed by atoms with E-state index in [-0.39, 0.29) is 18.3 Å². The zero-order chi connectivity index (χ0) is 16.8. The maximum atomic E-state index is 13.5. The zero-order valence-corrected chi connectivity index (χ0v) is 14.3. The number of para-hydroxylation sites is 1. The van der Waals surface area contributed by atoms with Crippen LogP contribution in [-0.4, -0.2) is 54.5 Å². The lowest BCUT2D eigenvalue weighted by Crippen LogP contribution is -2.48. The van der Waals surface area contributed by atoms with Crippen molar-refractivity contribution in [1.82, 2.24) is 9.80 Å². The standard InChI is InChI=1S/C19H27FN2O2/c20-17-7-3-4-8-18(17)24-15-19(23)22-13-9-16(10-14-22)21-11-5-1-2-6-12-21/h3-4,7-8,16H,1-2,5-6,9-15H2. The summed E-state index contributed by atoms with van der Waals surface area (Å²) in [5.41, 5.74) is 0. The first-order valence-corrected chi connectivity index (χ1v) is 9.13. The SMILES string of the molecule is O=C(COc1ccccc1F)N1CCC(N2CCCCCC2)CC1. The van der Waals surface area contributed by atoms with Crippen molar-refractivity contribution < 1.29 is 13.9 Å². The molecule has 1 aromatic rings. The molecule has 5 heteroatoms. The van der Waals surface area contributed by atoms with Gasteiger partial charge in [-0.25, -0.2) is 4.39 Å². The highest BCUT2D eigenvalue weighted by Crippen LogP contribution is 2.21. The summed E-state index contributed by atoms with van der Waals surface area (Å²) in [4.78, 5) is 16.8. The Morgan fingerprint density at radius 2 is 1.71 bits per heavy atom. The maximum Gasteiger partial charge on any atom is 0.260 e. The van der Waals surface area contributed by atoms with Gasteiger partial charge >= 0.3 is 0 Å². The molecule has 0 bridgehead atoms. The van der Waals surface area contributed by atoms with E-state index >= 15 is 0 Å². The lowest BCUT2D eigenvalue weighted by Gasteiger charge is -2.38. The van der Waals surface area contributed by atoms with Gasteiger partial charge in [0, 0.05) is 19.1 Å². The molecular weight excluding hydrogens is 307 g/mol. The highest BCUT2D eigenvalue weighted by molar-refractivity contribution is 5.77. The topological polar surface area (TPSA) is 32.8 Å². The Labute approximate surface area is 143 Å². The van der Waals surface area contributed by atoms with E-state index in [0.717, 1.165) is 25.9 Å². The van der Waals surface area contributed by atoms with Gasteiger partial charge in [0.15, 0.2) is 18.2 Å². The fourth-order valence-corrected chi connectivity index (χ4v) is 3.73. The summed E-state index contributed by atoms with van der Waals surface area (Å²) in [6.45, 7) is 3.88. The van der Waals surface area contributed by atoms with E-state index < -0.39 is 5.82 Å². The van der Waals surface area contributed by atoms with Crippen molar-refractivity contribution in [3.8, 4) is 5.75 Å². The Kier molecular flexibility index (Phi) is 6.07. The first-order valence-electron chi connectivity index (χ1n) is 9.13. The van der Waals surface area contributed by atoms with E-state index in [0.29, 0.717) is 6.04 Å². The van der Waals surface area contributed by atoms with Gasteiger partial charge in [-0.15, -0.1) is 0 Å². The fourth-order valence-electron chi connectivity index (χ4n) is 3.73. The summed E-state index contributed by atoms with van der Waals surface area (Å²) in [5, 5.41) is 0. The van der Waals surface area contributed by atoms with Gasteiger partial charge < -0.3 is 14.5 Å². The number of halogens is 1. The van der Waals surface area contributed by atoms with E-state index in [2.05, 4.69) is 4.90 Å². The number of carbonyl (C=O) groups is 1. The second kappa shape index (κ2) is 8.47. The molecule has 2 heterocycles. The average Bonchev–Trinajstić information content (AvgIpc) is 2.90. The molecule has 1 amide bonds. The molecule has 2 aliphatic rings. The van der Waals surface area contributed by atoms with Crippen LogP contribution in [0.25, 0.3) is 0 Å². The molecule has 0 N–H and O–H groups in total. The Hall–Kier alpha value is -1.62. The molecule has 2 saturated heterocycles. The van der Waals surface area contributed by atoms with Crippen molar-refractivity contribution in [3.63, 3.8) is 0 Å². The predicted octanol–water partition coefficient (Wildman–Crippen LogP) is 3.07. The molecule has 1 aromatic carbocycles. The molecule has 0 radical (unpaired) electrons. The normalized spacial score (nSPS) is 20.6. The minimum absolute atomic E-state index is 0.0485. The number of amides is 1. The molecular formula is C19H27FN2O2. The summed E-state index contributed by atoms with van der Waals surface area (Å²) >= 11 is 0. The van der Waals surface area contributed by atoms with Crippen molar-refractivity contribution in [2.75, 3.05) is 32.8 Å². The lowest BCUT2D eigenvalue weighted by atomic mass is 10.0. The highest BCUT2D eigenvalue weighted by Gasteiger charge is 2.27. The van der Waals surface area contributed by atoms with Gasteiger partial charge in [-0.1, -0.05) is 25.0 Å². The molecule has 4 nitrogen and oxygen atoms in total. The van der Waals surface area contributed by atoms with E-state index in [1.807, 2.05) is 4.90 Å². The van der Waals surface area contributed by atoms with Gasteiger partial charge in [-0.3, -0.25) is 4.79 Å². The molecule has 2 aliphatic heterocycles. The molecule has 2 fully saturated rings. The van der Waals surface area contributed by atoms with Crippen LogP contribution in [0.15, 0.2) is 24.3 Å². The van der Waals surface area contributed by atoms with Crippen LogP contribution in [0.4, 0.5) is 4.39 Å². The fraction of sp³-hybridized carbons (Fsp3) is 0.632. The number of rotatable bonds is 4. The van der Waals surface area contributed by atoms with E-state index in [4.69, 9.17) is 4.74 Å². The lowest BCUT2D eigenvalue weighted by molar-refractivity contribution is -0.135. The number of likely N-dealkylation sites (tertiary alicyclic amines) is 2. The third-order valence-corrected chi connectivity index (χ3v) is 5.16. The van der Waals surface area contributed by atoms with Crippen molar-refractivity contribution in [2.24, 2.45) is 0 Å². The van der Waals surface area contributed by atoms with Crippen molar-refractivity contribution in [2.45, 2.75) is 44.6 Å². The Balaban J connectivity index is 1.44. The van der Waals surface area contributed by atoms with Crippen LogP contribution in [0.1, 0.15) is 38.5 Å². The minimum atomic E-state index is -0.426. The minimum Gasteiger partial charge on any atom is -0.481 e. The summed E-state index contributed by atoms with van der Waals surface area (Å²) in [6.07, 6.45) is 7.37. The molecule has 0 atom stereocenters. The summed E-state index contributed by atoms with van der Waals surface area (Å²) < 4.78 is 18.9. The zero-order valence-electron chi connectivity index (χ0n) is 14.3. The number of benzene rings is 1. The van der Waals surface area contributed by atoms with Crippen LogP contribution in [0.3, 0.4) is 0 Å². The first-order chi connectivity index (χ1) is 11.7. The van der Waals surface area contributed by atoms with Gasteiger partial charge in [0.05, 0.1) is 0 Å². The molecule has 3 rings (SSSR count). The Morgan fingerprint density at radius 3 is 2.38 bits per heavy atom. The second-order valence-electron chi connectivity index (χ2n) is 6.78. The van der Waals surface area contributed by atoms with Crippen LogP contribution >= 0.6 is 0 Å². The second-order valence-corrected chi connectivity index (χ2v) is 6.78. The number of hydrogen-bond acceptors (Lipinski definition) is 3. The molecule has 132 valence electrons. The van der Waals surface area contributed by atoms with Crippen molar-refractivity contribution in [1.29, 1.82) is 0 Å². The van der Waals surface area contributed by atoms with Gasteiger partial charge in [-0.2, -0.15) is 0 Å². The number of ether oxygens (including phenoxy) is 1. The monoisotopic (exact) mass is 334 g/mol. The molecule has 0 aromatic heterocycles. The van der Waals surface area contributed by atoms with Gasteiger partial charge in [0.25, 0.3) is 5.91 Å². The van der Waals surface area contributed by atoms with Gasteiger partial charge in [0.2, 0.25) is 0 Å². The van der Waals surface area contributed by atoms with Crippen LogP contribution < -0.4 is 4.74 Å². The highest BCUT2D eigenvalue weighted by atomic mass is 19.1. The van der Waals surface area contributed by atoms with Crippen molar-refractivity contribution in [3.05, 3.63) is 30.1 Å². The van der Waals surface area contributed by atoms with Crippen LogP contribution in [0.5, 0.6) is 5.75 Å². The third kappa shape index (κ3) is 4.47. The summed E-state index contributed by atoms with van der Waals surface area (Å²) in [7, 11) is 0. The number of carbonyl (C=O) groups excluding carboxylic acids is 1. The largest absolute Gasteiger partial charge is 0.481 e. The molecule has 0 saturated carbocycles. The van der Waals surface area contributed by atoms with Gasteiger partial charge in [-0.05, 0) is 50.9 Å². The van der Waals surface area contributed by atoms with E-state index in [1.165, 1.54) is 44.8 Å². The predicted molar refractivity (Wildman–Crippen MR) is 91.5 cm³/mol. The summed E-state index contributed by atoms with van der Waals surface area (Å²) in [5.74, 6) is -0.331. The maximum absolute atomic E-state index is 13.5. The smallest absolute Gasteiger partial charge is 0.260 e. The Morgan fingerprint density at radius 1 is 1.04 bits per heavy atom. The average molecular weight is 334 g/mol. The van der Waals surface area contributed by atoms with Crippen molar-refractivity contribution >= 4 is 5.91 Å². The molecule has 0 aliphatic carbocycles. The van der Waals surface area contributed by atoms with Gasteiger partial charge in [0.1, 0.15) is 0 Å². The quantitative estimate of drug-likeness (QED) is 0.848. The first kappa shape index (κ1) is 17.2. The summed E-state index contributed by atoms with van der Waals surface area (Å²) in [6, 6.07) is 6.81. The van der Waals surface area contributed by atoms with Crippen LogP contribution in [0, 0.1) is 5.82 Å². The molecule has 24 heavy (non-hydrogen) atoms. The molecule has 0 spiro atoms. The van der Waals surface area contributed by atoms with Crippen LogP contribution in [-0.2, 0) is 4.79 Å². The van der Waals surface area contributed by atoms with Crippen LogP contribution in [0.2, 0.25) is 0 Å². The molecule has 0 unspecified atom stereocenters. The Bertz CT molecular complexity index is 536. The number of hydrogen-bond donors (Lipinski definition) is 0. The number of piperidine rings is 1. The van der Waals surface area contributed by atoms with E-state index in [9.17, 15) is 9.18 Å². The number of nitrogens with zero attached hydrogens (tertiary/aromatic N) is 2.